The minimum absolute atomic E-state index is 0.147. The smallest absolute Gasteiger partial charge is 0.377 e. The minimum atomic E-state index is -3.70. The number of rotatable bonds is 9. The standard InChI is InChI=1S/C22H30N6O4S.C6H8O6/c1-5-7-17-19-20(27(4)25-17)22(29)24-21(23-19)16-14-15(8-9-18(16)32-6-2)33(30,31)28-12-10-26(3)11-13-28;7-1-2(8)5-3(9)4(10)6(11)12-5/h8-9,14H,5-7,10-13H2,1-4H3,(H,23,24,29);2,5,7-10H,1H2/t;2-,5+/m.0/s1. The van der Waals surface area contributed by atoms with Crippen molar-refractivity contribution in [3.05, 3.63) is 45.8 Å². The molecule has 1 aromatic carbocycles. The van der Waals surface area contributed by atoms with E-state index in [1.807, 2.05) is 20.9 Å². The fourth-order valence-corrected chi connectivity index (χ4v) is 6.36. The monoisotopic (exact) mass is 650 g/mol. The molecule has 2 aromatic heterocycles. The maximum atomic E-state index is 13.3. The number of aromatic amines is 1. The number of cyclic esters (lactones) is 1. The van der Waals surface area contributed by atoms with Crippen molar-refractivity contribution in [2.45, 2.75) is 43.8 Å². The molecule has 4 heterocycles. The summed E-state index contributed by atoms with van der Waals surface area (Å²) in [5.74, 6) is -2.06. The fraction of sp³-hybridized carbons (Fsp3) is 0.500. The lowest BCUT2D eigenvalue weighted by atomic mass is 10.1. The van der Waals surface area contributed by atoms with Crippen LogP contribution in [0.5, 0.6) is 5.75 Å². The molecule has 0 radical (unpaired) electrons. The molecule has 0 aliphatic carbocycles. The van der Waals surface area contributed by atoms with E-state index in [0.29, 0.717) is 61.6 Å². The number of aliphatic hydroxyl groups is 4. The molecule has 5 N–H and O–H groups in total. The number of H-pyrrole nitrogens is 1. The van der Waals surface area contributed by atoms with Crippen LogP contribution in [0.25, 0.3) is 22.4 Å². The number of esters is 1. The van der Waals surface area contributed by atoms with Gasteiger partial charge >= 0.3 is 5.97 Å². The third kappa shape index (κ3) is 6.96. The SMILES string of the molecule is CCCc1nn(C)c2c(=O)[nH]c(-c3cc(S(=O)(=O)N4CCN(C)CC4)ccc3OCC)nc12.O=C1O[C@H]([C@@H](O)CO)C(O)=C1O. The first kappa shape index (κ1) is 33.9. The van der Waals surface area contributed by atoms with Gasteiger partial charge in [-0.25, -0.2) is 18.2 Å². The summed E-state index contributed by atoms with van der Waals surface area (Å²) >= 11 is 0. The van der Waals surface area contributed by atoms with E-state index in [9.17, 15) is 18.0 Å². The molecule has 0 bridgehead atoms. The number of nitrogens with zero attached hydrogens (tertiary/aromatic N) is 5. The van der Waals surface area contributed by atoms with Crippen molar-refractivity contribution in [1.29, 1.82) is 0 Å². The van der Waals surface area contributed by atoms with Gasteiger partial charge in [0.1, 0.15) is 23.2 Å². The summed E-state index contributed by atoms with van der Waals surface area (Å²) in [5.41, 5.74) is 1.75. The Morgan fingerprint density at radius 2 is 1.82 bits per heavy atom. The van der Waals surface area contributed by atoms with Gasteiger partial charge in [0.25, 0.3) is 5.56 Å². The highest BCUT2D eigenvalue weighted by atomic mass is 32.2. The lowest BCUT2D eigenvalue weighted by molar-refractivity contribution is -0.147. The van der Waals surface area contributed by atoms with Crippen LogP contribution in [-0.4, -0.2) is 122 Å². The Labute approximate surface area is 259 Å². The average molecular weight is 651 g/mol. The maximum Gasteiger partial charge on any atom is 0.377 e. The molecule has 2 aliphatic heterocycles. The number of piperazine rings is 1. The van der Waals surface area contributed by atoms with Gasteiger partial charge in [0.05, 0.1) is 29.4 Å². The van der Waals surface area contributed by atoms with Crippen LogP contribution in [0.1, 0.15) is 26.0 Å². The number of aliphatic hydroxyl groups excluding tert-OH is 4. The van der Waals surface area contributed by atoms with Gasteiger partial charge in [-0.1, -0.05) is 13.3 Å². The molecule has 2 atom stereocenters. The number of hydrogen-bond acceptors (Lipinski definition) is 13. The normalized spacial score (nSPS) is 18.5. The summed E-state index contributed by atoms with van der Waals surface area (Å²) < 4.78 is 39.8. The van der Waals surface area contributed by atoms with Gasteiger partial charge in [-0.05, 0) is 38.6 Å². The van der Waals surface area contributed by atoms with Gasteiger partial charge in [0.2, 0.25) is 15.8 Å². The number of likely N-dealkylation sites (N-methyl/N-ethyl adjacent to an activating group) is 1. The van der Waals surface area contributed by atoms with Gasteiger partial charge in [0.15, 0.2) is 17.4 Å². The molecule has 2 aliphatic rings. The van der Waals surface area contributed by atoms with Crippen molar-refractivity contribution >= 4 is 27.0 Å². The summed E-state index contributed by atoms with van der Waals surface area (Å²) in [5, 5.41) is 39.5. The van der Waals surface area contributed by atoms with Crippen LogP contribution in [0.4, 0.5) is 0 Å². The van der Waals surface area contributed by atoms with Crippen molar-refractivity contribution in [3.8, 4) is 17.1 Å². The molecule has 45 heavy (non-hydrogen) atoms. The highest BCUT2D eigenvalue weighted by Crippen LogP contribution is 2.32. The number of carbonyl (C=O) groups excluding carboxylic acids is 1. The average Bonchev–Trinajstić information content (AvgIpc) is 3.47. The van der Waals surface area contributed by atoms with Crippen LogP contribution in [0.2, 0.25) is 0 Å². The zero-order valence-corrected chi connectivity index (χ0v) is 26.2. The second kappa shape index (κ2) is 13.9. The van der Waals surface area contributed by atoms with Crippen LogP contribution in [0, 0.1) is 0 Å². The number of benzene rings is 1. The van der Waals surface area contributed by atoms with Gasteiger partial charge in [-0.3, -0.25) is 9.48 Å². The number of aryl methyl sites for hydroxylation is 2. The Morgan fingerprint density at radius 3 is 2.40 bits per heavy atom. The summed E-state index contributed by atoms with van der Waals surface area (Å²) in [6, 6.07) is 4.71. The Kier molecular flexibility index (Phi) is 10.5. The number of hydrogen-bond donors (Lipinski definition) is 5. The van der Waals surface area contributed by atoms with Crippen molar-refractivity contribution in [1.82, 2.24) is 29.0 Å². The fourth-order valence-electron chi connectivity index (χ4n) is 4.92. The number of carbonyl (C=O) groups is 1. The second-order valence-electron chi connectivity index (χ2n) is 10.5. The molecule has 3 aromatic rings. The van der Waals surface area contributed by atoms with E-state index in [1.54, 1.807) is 25.2 Å². The number of ether oxygens (including phenoxy) is 2. The van der Waals surface area contributed by atoms with Crippen molar-refractivity contribution in [2.24, 2.45) is 7.05 Å². The first-order valence-electron chi connectivity index (χ1n) is 14.4. The highest BCUT2D eigenvalue weighted by molar-refractivity contribution is 7.89. The number of fused-ring (bicyclic) bond motifs is 1. The highest BCUT2D eigenvalue weighted by Gasteiger charge is 2.38. The van der Waals surface area contributed by atoms with Crippen LogP contribution >= 0.6 is 0 Å². The zero-order chi connectivity index (χ0) is 33.1. The first-order valence-corrected chi connectivity index (χ1v) is 15.8. The van der Waals surface area contributed by atoms with Gasteiger partial charge in [-0.2, -0.15) is 9.40 Å². The predicted octanol–water partition coefficient (Wildman–Crippen LogP) is 0.204. The molecule has 5 rings (SSSR count). The lowest BCUT2D eigenvalue weighted by Crippen LogP contribution is -2.47. The van der Waals surface area contributed by atoms with Crippen LogP contribution in [-0.2, 0) is 33.0 Å². The van der Waals surface area contributed by atoms with Crippen LogP contribution in [0.3, 0.4) is 0 Å². The molecule has 0 saturated carbocycles. The van der Waals surface area contributed by atoms with E-state index in [1.165, 1.54) is 8.99 Å². The Balaban J connectivity index is 0.000000323. The van der Waals surface area contributed by atoms with Crippen LogP contribution in [0.15, 0.2) is 39.4 Å². The quantitative estimate of drug-likeness (QED) is 0.196. The topological polar surface area (TPSA) is 221 Å². The maximum absolute atomic E-state index is 13.3. The minimum Gasteiger partial charge on any atom is -0.505 e. The molecule has 17 heteroatoms. The third-order valence-corrected chi connectivity index (χ3v) is 9.23. The first-order chi connectivity index (χ1) is 21.3. The summed E-state index contributed by atoms with van der Waals surface area (Å²) in [7, 11) is -0.00831. The summed E-state index contributed by atoms with van der Waals surface area (Å²) in [6.45, 7) is 5.81. The lowest BCUT2D eigenvalue weighted by Gasteiger charge is -2.31. The van der Waals surface area contributed by atoms with E-state index in [2.05, 4.69) is 19.7 Å². The molecule has 0 spiro atoms. The predicted molar refractivity (Wildman–Crippen MR) is 161 cm³/mol. The van der Waals surface area contributed by atoms with E-state index >= 15 is 0 Å². The van der Waals surface area contributed by atoms with E-state index in [-0.39, 0.29) is 16.3 Å². The largest absolute Gasteiger partial charge is 0.505 e. The van der Waals surface area contributed by atoms with E-state index in [0.717, 1.165) is 12.1 Å². The molecule has 0 amide bonds. The number of aromatic nitrogens is 4. The Morgan fingerprint density at radius 1 is 1.13 bits per heavy atom. The molecular weight excluding hydrogens is 612 g/mol. The van der Waals surface area contributed by atoms with Gasteiger partial charge in [0, 0.05) is 33.2 Å². The number of sulfonamides is 1. The molecular formula is C28H38N6O10S. The van der Waals surface area contributed by atoms with Crippen molar-refractivity contribution in [2.75, 3.05) is 46.4 Å². The van der Waals surface area contributed by atoms with Gasteiger partial charge in [-0.15, -0.1) is 0 Å². The Hall–Kier alpha value is -4.03. The van der Waals surface area contributed by atoms with Crippen molar-refractivity contribution in [3.63, 3.8) is 0 Å². The summed E-state index contributed by atoms with van der Waals surface area (Å²) in [4.78, 5) is 33.2. The number of nitrogens with one attached hydrogen (secondary N) is 1. The zero-order valence-electron chi connectivity index (χ0n) is 25.4. The molecule has 1 saturated heterocycles. The third-order valence-electron chi connectivity index (χ3n) is 7.33. The molecule has 0 unspecified atom stereocenters. The Bertz CT molecular complexity index is 1740. The second-order valence-corrected chi connectivity index (χ2v) is 12.5. The van der Waals surface area contributed by atoms with Crippen molar-refractivity contribution < 1.29 is 43.1 Å². The van der Waals surface area contributed by atoms with Gasteiger partial charge < -0.3 is 39.8 Å². The molecule has 246 valence electrons. The van der Waals surface area contributed by atoms with E-state index < -0.39 is 46.3 Å². The summed E-state index contributed by atoms with van der Waals surface area (Å²) in [6.07, 6.45) is -1.23. The molecule has 1 fully saturated rings. The van der Waals surface area contributed by atoms with Crippen LogP contribution < -0.4 is 10.3 Å². The molecule has 16 nitrogen and oxygen atoms in total. The van der Waals surface area contributed by atoms with E-state index in [4.69, 9.17) is 30.1 Å².